The number of hydrogen-bond donors (Lipinski definition) is 1. The van der Waals surface area contributed by atoms with E-state index < -0.39 is 5.82 Å². The van der Waals surface area contributed by atoms with Crippen LogP contribution >= 0.6 is 0 Å². The molecule has 2 heterocycles. The normalized spacial score (nSPS) is 17.6. The molecule has 3 rings (SSSR count). The van der Waals surface area contributed by atoms with Crippen molar-refractivity contribution in [2.24, 2.45) is 18.0 Å². The molecule has 2 aromatic rings. The van der Waals surface area contributed by atoms with Crippen molar-refractivity contribution < 1.29 is 8.78 Å². The second kappa shape index (κ2) is 8.97. The topological polar surface area (TPSA) is 45.5 Å². The first kappa shape index (κ1) is 19.3. The molecule has 0 radical (unpaired) electrons. The fourth-order valence-electron chi connectivity index (χ4n) is 3.55. The van der Waals surface area contributed by atoms with Crippen molar-refractivity contribution in [2.45, 2.75) is 26.2 Å². The monoisotopic (exact) mass is 375 g/mol. The molecule has 0 amide bonds. The van der Waals surface area contributed by atoms with Crippen LogP contribution in [0.15, 0.2) is 35.6 Å². The third kappa shape index (κ3) is 5.28. The minimum Gasteiger partial charge on any atom is -0.357 e. The van der Waals surface area contributed by atoms with E-state index in [0.29, 0.717) is 24.4 Å². The van der Waals surface area contributed by atoms with Gasteiger partial charge in [-0.3, -0.25) is 9.67 Å². The average Bonchev–Trinajstić information content (AvgIpc) is 3.26. The molecule has 1 N–H and O–H groups in total. The Balaban J connectivity index is 1.58. The summed E-state index contributed by atoms with van der Waals surface area (Å²) >= 11 is 0. The van der Waals surface area contributed by atoms with Crippen molar-refractivity contribution in [1.29, 1.82) is 0 Å². The summed E-state index contributed by atoms with van der Waals surface area (Å²) in [6.07, 6.45) is 6.49. The van der Waals surface area contributed by atoms with Gasteiger partial charge in [-0.25, -0.2) is 8.78 Å². The molecular weight excluding hydrogens is 348 g/mol. The van der Waals surface area contributed by atoms with E-state index in [2.05, 4.69) is 26.5 Å². The Kier molecular flexibility index (Phi) is 6.42. The first-order valence-corrected chi connectivity index (χ1v) is 9.50. The molecule has 1 fully saturated rings. The number of aromatic nitrogens is 2. The minimum atomic E-state index is -0.417. The zero-order chi connectivity index (χ0) is 19.2. The standard InChI is InChI=1S/C20H27F2N5/c1-3-23-20(24-8-6-17-11-18(21)4-5-19(17)22)27-9-7-15(14-27)10-16-12-25-26(2)13-16/h4-5,11-13,15H,3,6-10,14H2,1-2H3,(H,23,24). The molecule has 1 aromatic heterocycles. The highest BCUT2D eigenvalue weighted by Gasteiger charge is 2.25. The van der Waals surface area contributed by atoms with E-state index in [0.717, 1.165) is 44.5 Å². The third-order valence-electron chi connectivity index (χ3n) is 4.85. The largest absolute Gasteiger partial charge is 0.357 e. The zero-order valence-corrected chi connectivity index (χ0v) is 16.0. The molecule has 1 aliphatic heterocycles. The van der Waals surface area contributed by atoms with E-state index in [1.54, 1.807) is 0 Å². The molecule has 0 spiro atoms. The van der Waals surface area contributed by atoms with Gasteiger partial charge in [-0.2, -0.15) is 5.10 Å². The van der Waals surface area contributed by atoms with Gasteiger partial charge in [0.2, 0.25) is 0 Å². The van der Waals surface area contributed by atoms with Crippen molar-refractivity contribution in [3.63, 3.8) is 0 Å². The van der Waals surface area contributed by atoms with Crippen LogP contribution in [0.5, 0.6) is 0 Å². The number of guanidine groups is 1. The number of aliphatic imine (C=N–C) groups is 1. The highest BCUT2D eigenvalue weighted by Crippen LogP contribution is 2.21. The summed E-state index contributed by atoms with van der Waals surface area (Å²) in [5, 5.41) is 7.55. The molecule has 1 saturated heterocycles. The Morgan fingerprint density at radius 2 is 2.22 bits per heavy atom. The Morgan fingerprint density at radius 1 is 1.37 bits per heavy atom. The Morgan fingerprint density at radius 3 is 2.96 bits per heavy atom. The molecule has 1 unspecified atom stereocenters. The predicted molar refractivity (Wildman–Crippen MR) is 103 cm³/mol. The predicted octanol–water partition coefficient (Wildman–Crippen LogP) is 2.77. The van der Waals surface area contributed by atoms with Gasteiger partial charge in [0.15, 0.2) is 5.96 Å². The van der Waals surface area contributed by atoms with Crippen LogP contribution in [0.4, 0.5) is 8.78 Å². The van der Waals surface area contributed by atoms with E-state index in [9.17, 15) is 8.78 Å². The maximum Gasteiger partial charge on any atom is 0.193 e. The number of halogens is 2. The smallest absolute Gasteiger partial charge is 0.193 e. The van der Waals surface area contributed by atoms with Gasteiger partial charge < -0.3 is 10.2 Å². The lowest BCUT2D eigenvalue weighted by Crippen LogP contribution is -2.40. The van der Waals surface area contributed by atoms with Gasteiger partial charge in [-0.1, -0.05) is 0 Å². The first-order chi connectivity index (χ1) is 13.0. The maximum atomic E-state index is 13.8. The molecule has 1 atom stereocenters. The van der Waals surface area contributed by atoms with Crippen molar-refractivity contribution in [2.75, 3.05) is 26.2 Å². The van der Waals surface area contributed by atoms with Crippen LogP contribution in [0.2, 0.25) is 0 Å². The molecule has 5 nitrogen and oxygen atoms in total. The zero-order valence-electron chi connectivity index (χ0n) is 16.0. The number of hydrogen-bond acceptors (Lipinski definition) is 2. The molecule has 0 aliphatic carbocycles. The second-order valence-electron chi connectivity index (χ2n) is 7.05. The fourth-order valence-corrected chi connectivity index (χ4v) is 3.55. The number of nitrogens with zero attached hydrogens (tertiary/aromatic N) is 4. The van der Waals surface area contributed by atoms with Gasteiger partial charge in [-0.05, 0) is 61.4 Å². The number of nitrogens with one attached hydrogen (secondary N) is 1. The molecule has 1 aromatic carbocycles. The maximum absolute atomic E-state index is 13.8. The van der Waals surface area contributed by atoms with Gasteiger partial charge in [0.05, 0.1) is 6.20 Å². The molecule has 1 aliphatic rings. The van der Waals surface area contributed by atoms with Crippen LogP contribution < -0.4 is 5.32 Å². The molecule has 146 valence electrons. The van der Waals surface area contributed by atoms with Crippen LogP contribution in [-0.4, -0.2) is 46.8 Å². The lowest BCUT2D eigenvalue weighted by Gasteiger charge is -2.21. The Bertz CT molecular complexity index is 786. The van der Waals surface area contributed by atoms with Crippen LogP contribution in [0.1, 0.15) is 24.5 Å². The highest BCUT2D eigenvalue weighted by atomic mass is 19.1. The van der Waals surface area contributed by atoms with Crippen molar-refractivity contribution in [3.05, 3.63) is 53.4 Å². The summed E-state index contributed by atoms with van der Waals surface area (Å²) in [5.41, 5.74) is 1.62. The van der Waals surface area contributed by atoms with Gasteiger partial charge in [-0.15, -0.1) is 0 Å². The van der Waals surface area contributed by atoms with E-state index in [1.165, 1.54) is 17.7 Å². The second-order valence-corrected chi connectivity index (χ2v) is 7.05. The lowest BCUT2D eigenvalue weighted by molar-refractivity contribution is 0.460. The molecule has 0 bridgehead atoms. The Hall–Kier alpha value is -2.44. The first-order valence-electron chi connectivity index (χ1n) is 9.50. The summed E-state index contributed by atoms with van der Waals surface area (Å²) in [5.74, 6) is 0.621. The van der Waals surface area contributed by atoms with E-state index >= 15 is 0 Å². The van der Waals surface area contributed by atoms with Gasteiger partial charge in [0.25, 0.3) is 0 Å². The molecule has 27 heavy (non-hydrogen) atoms. The van der Waals surface area contributed by atoms with Crippen LogP contribution in [0, 0.1) is 17.6 Å². The quantitative estimate of drug-likeness (QED) is 0.624. The highest BCUT2D eigenvalue weighted by molar-refractivity contribution is 5.80. The van der Waals surface area contributed by atoms with E-state index in [-0.39, 0.29) is 5.82 Å². The van der Waals surface area contributed by atoms with Crippen LogP contribution in [0.25, 0.3) is 0 Å². The summed E-state index contributed by atoms with van der Waals surface area (Å²) in [6.45, 7) is 5.12. The number of aryl methyl sites for hydroxylation is 1. The number of benzene rings is 1. The van der Waals surface area contributed by atoms with Gasteiger partial charge >= 0.3 is 0 Å². The fraction of sp³-hybridized carbons (Fsp3) is 0.500. The van der Waals surface area contributed by atoms with E-state index in [1.807, 2.05) is 24.9 Å². The lowest BCUT2D eigenvalue weighted by atomic mass is 10.0. The SMILES string of the molecule is CCNC(=NCCc1cc(F)ccc1F)N1CCC(Cc2cnn(C)c2)C1. The van der Waals surface area contributed by atoms with Crippen molar-refractivity contribution >= 4 is 5.96 Å². The van der Waals surface area contributed by atoms with Gasteiger partial charge in [0.1, 0.15) is 11.6 Å². The summed E-state index contributed by atoms with van der Waals surface area (Å²) in [7, 11) is 1.93. The van der Waals surface area contributed by atoms with Crippen molar-refractivity contribution in [3.8, 4) is 0 Å². The molecule has 7 heteroatoms. The van der Waals surface area contributed by atoms with E-state index in [4.69, 9.17) is 0 Å². The molecular formula is C20H27F2N5. The average molecular weight is 375 g/mol. The number of rotatable bonds is 6. The minimum absolute atomic E-state index is 0.366. The summed E-state index contributed by atoms with van der Waals surface area (Å²) < 4.78 is 28.9. The summed E-state index contributed by atoms with van der Waals surface area (Å²) in [6, 6.07) is 3.56. The van der Waals surface area contributed by atoms with Crippen LogP contribution in [-0.2, 0) is 19.9 Å². The summed E-state index contributed by atoms with van der Waals surface area (Å²) in [4.78, 5) is 6.89. The van der Waals surface area contributed by atoms with Gasteiger partial charge in [0, 0.05) is 39.4 Å². The van der Waals surface area contributed by atoms with Crippen molar-refractivity contribution in [1.82, 2.24) is 20.0 Å². The number of likely N-dealkylation sites (tertiary alicyclic amines) is 1. The van der Waals surface area contributed by atoms with Crippen LogP contribution in [0.3, 0.4) is 0 Å². The molecule has 0 saturated carbocycles. The Labute approximate surface area is 159 Å². The third-order valence-corrected chi connectivity index (χ3v) is 4.85.